The van der Waals surface area contributed by atoms with Gasteiger partial charge >= 0.3 is 0 Å². The smallest absolute Gasteiger partial charge is 0.188 e. The van der Waals surface area contributed by atoms with Crippen molar-refractivity contribution in [1.82, 2.24) is 5.32 Å². The van der Waals surface area contributed by atoms with Gasteiger partial charge in [-0.1, -0.05) is 6.07 Å². The number of hydrogen-bond donors (Lipinski definition) is 2. The lowest BCUT2D eigenvalue weighted by atomic mass is 10.3. The highest BCUT2D eigenvalue weighted by Gasteiger charge is 2.01. The minimum absolute atomic E-state index is 0.145. The van der Waals surface area contributed by atoms with Crippen LogP contribution < -0.4 is 20.5 Å². The van der Waals surface area contributed by atoms with Gasteiger partial charge in [0.25, 0.3) is 0 Å². The summed E-state index contributed by atoms with van der Waals surface area (Å²) in [7, 11) is 3.29. The van der Waals surface area contributed by atoms with E-state index in [-0.39, 0.29) is 6.04 Å². The van der Waals surface area contributed by atoms with E-state index in [1.165, 1.54) is 0 Å². The zero-order valence-corrected chi connectivity index (χ0v) is 13.0. The van der Waals surface area contributed by atoms with Gasteiger partial charge in [0.05, 0.1) is 20.3 Å². The fourth-order valence-electron chi connectivity index (χ4n) is 1.73. The van der Waals surface area contributed by atoms with Gasteiger partial charge in [0.2, 0.25) is 0 Å². The van der Waals surface area contributed by atoms with Crippen molar-refractivity contribution in [2.45, 2.75) is 19.4 Å². The van der Waals surface area contributed by atoms with Crippen LogP contribution in [0, 0.1) is 0 Å². The third-order valence-electron chi connectivity index (χ3n) is 2.71. The van der Waals surface area contributed by atoms with Gasteiger partial charge in [-0.15, -0.1) is 0 Å². The first-order chi connectivity index (χ1) is 10.2. The highest BCUT2D eigenvalue weighted by Crippen LogP contribution is 2.18. The van der Waals surface area contributed by atoms with E-state index in [1.54, 1.807) is 14.2 Å². The molecular weight excluding hydrogens is 270 g/mol. The Hall–Kier alpha value is -1.95. The maximum atomic E-state index is 5.76. The van der Waals surface area contributed by atoms with E-state index in [2.05, 4.69) is 10.3 Å². The average molecular weight is 295 g/mol. The number of hydrogen-bond acceptors (Lipinski definition) is 4. The predicted molar refractivity (Wildman–Crippen MR) is 84.1 cm³/mol. The Labute approximate surface area is 126 Å². The summed E-state index contributed by atoms with van der Waals surface area (Å²) in [6.07, 6.45) is 0.790. The number of nitrogens with two attached hydrogens (primary N) is 1. The average Bonchev–Trinajstić information content (AvgIpc) is 2.47. The summed E-state index contributed by atoms with van der Waals surface area (Å²) in [6, 6.07) is 7.67. The van der Waals surface area contributed by atoms with E-state index < -0.39 is 0 Å². The second-order valence-electron chi connectivity index (χ2n) is 4.65. The van der Waals surface area contributed by atoms with E-state index in [1.807, 2.05) is 31.2 Å². The highest BCUT2D eigenvalue weighted by molar-refractivity contribution is 5.78. The summed E-state index contributed by atoms with van der Waals surface area (Å²) in [5.74, 6) is 2.00. The normalized spacial score (nSPS) is 12.8. The van der Waals surface area contributed by atoms with Crippen LogP contribution in [-0.4, -0.2) is 46.0 Å². The molecule has 1 aromatic rings. The maximum Gasteiger partial charge on any atom is 0.188 e. The Morgan fingerprint density at radius 3 is 2.81 bits per heavy atom. The molecule has 0 radical (unpaired) electrons. The predicted octanol–water partition coefficient (Wildman–Crippen LogP) is 1.40. The first kappa shape index (κ1) is 17.1. The summed E-state index contributed by atoms with van der Waals surface area (Å²) >= 11 is 0. The van der Waals surface area contributed by atoms with Crippen LogP contribution in [0.2, 0.25) is 0 Å². The third-order valence-corrected chi connectivity index (χ3v) is 2.71. The number of nitrogens with one attached hydrogen (secondary N) is 1. The lowest BCUT2D eigenvalue weighted by Crippen LogP contribution is -2.40. The van der Waals surface area contributed by atoms with Crippen molar-refractivity contribution in [3.8, 4) is 11.5 Å². The van der Waals surface area contributed by atoms with Gasteiger partial charge in [-0.2, -0.15) is 0 Å². The Morgan fingerprint density at radius 2 is 2.10 bits per heavy atom. The SMILES string of the molecule is COCC(C)NC(N)=NCCCOc1cccc(OC)c1. The zero-order chi connectivity index (χ0) is 15.5. The summed E-state index contributed by atoms with van der Waals surface area (Å²) in [5, 5.41) is 3.05. The van der Waals surface area contributed by atoms with Gasteiger partial charge in [-0.25, -0.2) is 0 Å². The molecule has 118 valence electrons. The number of benzene rings is 1. The van der Waals surface area contributed by atoms with Crippen molar-refractivity contribution in [2.24, 2.45) is 10.7 Å². The van der Waals surface area contributed by atoms with Gasteiger partial charge in [0.1, 0.15) is 11.5 Å². The molecule has 0 spiro atoms. The lowest BCUT2D eigenvalue weighted by molar-refractivity contribution is 0.179. The van der Waals surface area contributed by atoms with E-state index >= 15 is 0 Å². The fraction of sp³-hybridized carbons (Fsp3) is 0.533. The molecule has 21 heavy (non-hydrogen) atoms. The molecule has 0 saturated carbocycles. The molecule has 0 aliphatic heterocycles. The number of aliphatic imine (C=N–C) groups is 1. The topological polar surface area (TPSA) is 78.1 Å². The molecule has 0 aliphatic carbocycles. The molecule has 1 rings (SSSR count). The van der Waals surface area contributed by atoms with Gasteiger partial charge in [0, 0.05) is 32.2 Å². The third kappa shape index (κ3) is 7.41. The first-order valence-electron chi connectivity index (χ1n) is 6.98. The quantitative estimate of drug-likeness (QED) is 0.409. The monoisotopic (exact) mass is 295 g/mol. The van der Waals surface area contributed by atoms with Crippen LogP contribution in [0.5, 0.6) is 11.5 Å². The van der Waals surface area contributed by atoms with E-state index in [9.17, 15) is 0 Å². The summed E-state index contributed by atoms with van der Waals surface area (Å²) < 4.78 is 15.8. The molecule has 0 aliphatic rings. The fourth-order valence-corrected chi connectivity index (χ4v) is 1.73. The molecule has 0 saturated heterocycles. The largest absolute Gasteiger partial charge is 0.497 e. The Bertz CT molecular complexity index is 438. The zero-order valence-electron chi connectivity index (χ0n) is 13.0. The van der Waals surface area contributed by atoms with Crippen molar-refractivity contribution in [3.05, 3.63) is 24.3 Å². The molecule has 0 aromatic heterocycles. The standard InChI is InChI=1S/C15H25N3O3/c1-12(11-19-2)18-15(16)17-8-5-9-21-14-7-4-6-13(10-14)20-3/h4,6-7,10,12H,5,8-9,11H2,1-3H3,(H3,16,17,18). The lowest BCUT2D eigenvalue weighted by Gasteiger charge is -2.13. The molecule has 6 heteroatoms. The van der Waals surface area contributed by atoms with Gasteiger partial charge in [-0.05, 0) is 19.1 Å². The van der Waals surface area contributed by atoms with Crippen molar-refractivity contribution in [2.75, 3.05) is 34.0 Å². The molecule has 6 nitrogen and oxygen atoms in total. The highest BCUT2D eigenvalue weighted by atomic mass is 16.5. The second-order valence-corrected chi connectivity index (χ2v) is 4.65. The summed E-state index contributed by atoms with van der Waals surface area (Å²) in [6.45, 7) is 3.77. The minimum atomic E-state index is 0.145. The van der Waals surface area contributed by atoms with E-state index in [0.29, 0.717) is 25.7 Å². The molecule has 0 fully saturated rings. The number of ether oxygens (including phenoxy) is 3. The van der Waals surface area contributed by atoms with Crippen molar-refractivity contribution in [1.29, 1.82) is 0 Å². The Balaban J connectivity index is 2.21. The molecular formula is C15H25N3O3. The van der Waals surface area contributed by atoms with Gasteiger partial charge in [-0.3, -0.25) is 4.99 Å². The van der Waals surface area contributed by atoms with E-state index in [4.69, 9.17) is 19.9 Å². The van der Waals surface area contributed by atoms with Gasteiger partial charge in [0.15, 0.2) is 5.96 Å². The van der Waals surface area contributed by atoms with E-state index in [0.717, 1.165) is 17.9 Å². The van der Waals surface area contributed by atoms with Crippen LogP contribution in [-0.2, 0) is 4.74 Å². The van der Waals surface area contributed by atoms with Crippen molar-refractivity contribution < 1.29 is 14.2 Å². The number of nitrogens with zero attached hydrogens (tertiary/aromatic N) is 1. The molecule has 0 amide bonds. The van der Waals surface area contributed by atoms with Gasteiger partial charge < -0.3 is 25.3 Å². The number of methoxy groups -OCH3 is 2. The van der Waals surface area contributed by atoms with Crippen LogP contribution >= 0.6 is 0 Å². The minimum Gasteiger partial charge on any atom is -0.497 e. The van der Waals surface area contributed by atoms with Crippen molar-refractivity contribution >= 4 is 5.96 Å². The molecule has 0 heterocycles. The summed E-state index contributed by atoms with van der Waals surface area (Å²) in [5.41, 5.74) is 5.76. The molecule has 1 atom stereocenters. The molecule has 3 N–H and O–H groups in total. The number of rotatable bonds is 9. The van der Waals surface area contributed by atoms with Crippen molar-refractivity contribution in [3.63, 3.8) is 0 Å². The van der Waals surface area contributed by atoms with Crippen LogP contribution in [0.1, 0.15) is 13.3 Å². The molecule has 1 aromatic carbocycles. The molecule has 0 bridgehead atoms. The number of guanidine groups is 1. The Kier molecular flexibility index (Phi) is 8.04. The van der Waals surface area contributed by atoms with Crippen LogP contribution in [0.25, 0.3) is 0 Å². The first-order valence-corrected chi connectivity index (χ1v) is 6.98. The van der Waals surface area contributed by atoms with Crippen LogP contribution in [0.15, 0.2) is 29.3 Å². The maximum absolute atomic E-state index is 5.76. The second kappa shape index (κ2) is 9.88. The van der Waals surface area contributed by atoms with Crippen LogP contribution in [0.4, 0.5) is 0 Å². The Morgan fingerprint density at radius 1 is 1.33 bits per heavy atom. The van der Waals surface area contributed by atoms with Crippen LogP contribution in [0.3, 0.4) is 0 Å². The molecule has 1 unspecified atom stereocenters. The summed E-state index contributed by atoms with van der Waals surface area (Å²) in [4.78, 5) is 4.23.